The molecule has 96 valence electrons. The van der Waals surface area contributed by atoms with Crippen LogP contribution in [0.15, 0.2) is 24.3 Å². The third kappa shape index (κ3) is 2.71. The number of fused-ring (bicyclic) bond motifs is 1. The Balaban J connectivity index is 2.21. The van der Waals surface area contributed by atoms with Crippen molar-refractivity contribution in [3.8, 4) is 11.5 Å². The van der Waals surface area contributed by atoms with Gasteiger partial charge < -0.3 is 18.9 Å². The molecule has 0 amide bonds. The van der Waals surface area contributed by atoms with Gasteiger partial charge in [-0.05, 0) is 12.1 Å². The highest BCUT2D eigenvalue weighted by Crippen LogP contribution is 2.34. The van der Waals surface area contributed by atoms with Gasteiger partial charge in [-0.3, -0.25) is 9.59 Å². The molecule has 0 aliphatic carbocycles. The van der Waals surface area contributed by atoms with Crippen molar-refractivity contribution in [3.63, 3.8) is 0 Å². The fraction of sp³-hybridized carbons (Fsp3) is 0.333. The van der Waals surface area contributed by atoms with Crippen LogP contribution in [0, 0.1) is 0 Å². The summed E-state index contributed by atoms with van der Waals surface area (Å²) in [7, 11) is 0. The van der Waals surface area contributed by atoms with Crippen LogP contribution in [0.5, 0.6) is 11.5 Å². The first-order valence-corrected chi connectivity index (χ1v) is 5.33. The summed E-state index contributed by atoms with van der Waals surface area (Å²) in [6.07, 6.45) is -2.22. The first-order valence-electron chi connectivity index (χ1n) is 5.33. The van der Waals surface area contributed by atoms with Crippen molar-refractivity contribution in [2.45, 2.75) is 26.4 Å². The number of hydrogen-bond acceptors (Lipinski definition) is 6. The highest BCUT2D eigenvalue weighted by molar-refractivity contribution is 5.67. The Labute approximate surface area is 103 Å². The molecule has 1 heterocycles. The fourth-order valence-electron chi connectivity index (χ4n) is 1.49. The average Bonchev–Trinajstić information content (AvgIpc) is 2.28. The topological polar surface area (TPSA) is 71.1 Å². The van der Waals surface area contributed by atoms with E-state index >= 15 is 0 Å². The Morgan fingerprint density at radius 1 is 0.944 bits per heavy atom. The predicted molar refractivity (Wildman–Crippen MR) is 58.8 cm³/mol. The van der Waals surface area contributed by atoms with Crippen LogP contribution >= 0.6 is 0 Å². The molecular formula is C12H12O6. The van der Waals surface area contributed by atoms with Crippen molar-refractivity contribution in [1.82, 2.24) is 0 Å². The van der Waals surface area contributed by atoms with E-state index in [9.17, 15) is 9.59 Å². The second kappa shape index (κ2) is 4.95. The second-order valence-corrected chi connectivity index (χ2v) is 3.64. The quantitative estimate of drug-likeness (QED) is 0.737. The number of rotatable bonds is 2. The highest BCUT2D eigenvalue weighted by atomic mass is 16.8. The Bertz CT molecular complexity index is 426. The van der Waals surface area contributed by atoms with Crippen LogP contribution in [0.2, 0.25) is 0 Å². The van der Waals surface area contributed by atoms with Gasteiger partial charge >= 0.3 is 24.5 Å². The summed E-state index contributed by atoms with van der Waals surface area (Å²) in [5.41, 5.74) is 0. The van der Waals surface area contributed by atoms with Gasteiger partial charge in [-0.2, -0.15) is 0 Å². The molecule has 0 fully saturated rings. The summed E-state index contributed by atoms with van der Waals surface area (Å²) >= 11 is 0. The molecule has 0 radical (unpaired) electrons. The van der Waals surface area contributed by atoms with Gasteiger partial charge in [-0.15, -0.1) is 0 Å². The lowest BCUT2D eigenvalue weighted by atomic mass is 10.3. The van der Waals surface area contributed by atoms with Gasteiger partial charge in [0, 0.05) is 13.8 Å². The number of para-hydroxylation sites is 2. The van der Waals surface area contributed by atoms with Crippen molar-refractivity contribution in [2.24, 2.45) is 0 Å². The minimum atomic E-state index is -1.11. The first kappa shape index (κ1) is 12.2. The van der Waals surface area contributed by atoms with E-state index in [-0.39, 0.29) is 0 Å². The Kier molecular flexibility index (Phi) is 3.36. The standard InChI is InChI=1S/C12H12O6/c1-7(13)15-11-12(16-8(2)14)18-10-6-4-3-5-9(10)17-11/h3-6,11-12H,1-2H3. The summed E-state index contributed by atoms with van der Waals surface area (Å²) in [6, 6.07) is 6.82. The molecule has 1 aliphatic heterocycles. The maximum absolute atomic E-state index is 11.0. The maximum Gasteiger partial charge on any atom is 0.318 e. The van der Waals surface area contributed by atoms with Gasteiger partial charge in [0.25, 0.3) is 0 Å². The van der Waals surface area contributed by atoms with Crippen LogP contribution in [0.4, 0.5) is 0 Å². The molecule has 0 spiro atoms. The zero-order valence-corrected chi connectivity index (χ0v) is 9.91. The summed E-state index contributed by atoms with van der Waals surface area (Å²) in [6.45, 7) is 2.46. The normalized spacial score (nSPS) is 21.0. The van der Waals surface area contributed by atoms with E-state index in [1.54, 1.807) is 24.3 Å². The van der Waals surface area contributed by atoms with E-state index in [0.29, 0.717) is 11.5 Å². The molecule has 6 nitrogen and oxygen atoms in total. The van der Waals surface area contributed by atoms with Crippen molar-refractivity contribution < 1.29 is 28.5 Å². The van der Waals surface area contributed by atoms with E-state index in [1.165, 1.54) is 13.8 Å². The zero-order chi connectivity index (χ0) is 13.1. The molecule has 0 N–H and O–H groups in total. The van der Waals surface area contributed by atoms with Gasteiger partial charge in [0.05, 0.1) is 0 Å². The van der Waals surface area contributed by atoms with Gasteiger partial charge in [0.2, 0.25) is 0 Å². The molecule has 0 saturated carbocycles. The van der Waals surface area contributed by atoms with E-state index < -0.39 is 24.5 Å². The highest BCUT2D eigenvalue weighted by Gasteiger charge is 2.36. The van der Waals surface area contributed by atoms with Gasteiger partial charge in [0.1, 0.15) is 0 Å². The molecule has 1 aromatic carbocycles. The largest absolute Gasteiger partial charge is 0.444 e. The van der Waals surface area contributed by atoms with Crippen LogP contribution < -0.4 is 9.47 Å². The second-order valence-electron chi connectivity index (χ2n) is 3.64. The third-order valence-electron chi connectivity index (χ3n) is 2.12. The van der Waals surface area contributed by atoms with E-state index in [2.05, 4.69) is 0 Å². The minimum absolute atomic E-state index is 0.423. The van der Waals surface area contributed by atoms with Crippen LogP contribution in [0.3, 0.4) is 0 Å². The molecule has 0 bridgehead atoms. The molecule has 18 heavy (non-hydrogen) atoms. The number of carbonyl (C=O) groups is 2. The summed E-state index contributed by atoms with van der Waals surface area (Å²) < 4.78 is 20.6. The Hall–Kier alpha value is -2.24. The van der Waals surface area contributed by atoms with Crippen LogP contribution in [-0.2, 0) is 19.1 Å². The van der Waals surface area contributed by atoms with E-state index in [1.807, 2.05) is 0 Å². The number of benzene rings is 1. The smallest absolute Gasteiger partial charge is 0.318 e. The lowest BCUT2D eigenvalue weighted by molar-refractivity contribution is -0.233. The SMILES string of the molecule is CC(=O)OC1Oc2ccccc2OC1OC(C)=O. The fourth-order valence-corrected chi connectivity index (χ4v) is 1.49. The number of hydrogen-bond donors (Lipinski definition) is 0. The molecular weight excluding hydrogens is 240 g/mol. The van der Waals surface area contributed by atoms with Crippen molar-refractivity contribution in [2.75, 3.05) is 0 Å². The van der Waals surface area contributed by atoms with Crippen molar-refractivity contribution in [3.05, 3.63) is 24.3 Å². The summed E-state index contributed by atoms with van der Waals surface area (Å²) in [5, 5.41) is 0. The molecule has 2 atom stereocenters. The Morgan fingerprint density at radius 2 is 1.33 bits per heavy atom. The first-order chi connectivity index (χ1) is 8.56. The van der Waals surface area contributed by atoms with Crippen LogP contribution in [0.1, 0.15) is 13.8 Å². The lowest BCUT2D eigenvalue weighted by Crippen LogP contribution is -2.45. The number of carbonyl (C=O) groups excluding carboxylic acids is 2. The monoisotopic (exact) mass is 252 g/mol. The summed E-state index contributed by atoms with van der Waals surface area (Å²) in [4.78, 5) is 21.9. The lowest BCUT2D eigenvalue weighted by Gasteiger charge is -2.31. The molecule has 6 heteroatoms. The molecule has 1 aliphatic rings. The Morgan fingerprint density at radius 3 is 1.67 bits per heavy atom. The van der Waals surface area contributed by atoms with E-state index in [4.69, 9.17) is 18.9 Å². The molecule has 2 rings (SSSR count). The molecule has 0 aromatic heterocycles. The summed E-state index contributed by atoms with van der Waals surface area (Å²) in [5.74, 6) is -0.264. The van der Waals surface area contributed by atoms with Crippen LogP contribution in [0.25, 0.3) is 0 Å². The van der Waals surface area contributed by atoms with Crippen molar-refractivity contribution in [1.29, 1.82) is 0 Å². The van der Waals surface area contributed by atoms with Gasteiger partial charge in [-0.1, -0.05) is 12.1 Å². The zero-order valence-electron chi connectivity index (χ0n) is 9.91. The maximum atomic E-state index is 11.0. The van der Waals surface area contributed by atoms with Gasteiger partial charge in [-0.25, -0.2) is 0 Å². The average molecular weight is 252 g/mol. The van der Waals surface area contributed by atoms with E-state index in [0.717, 1.165) is 0 Å². The third-order valence-corrected chi connectivity index (χ3v) is 2.12. The van der Waals surface area contributed by atoms with Gasteiger partial charge in [0.15, 0.2) is 11.5 Å². The van der Waals surface area contributed by atoms with Crippen molar-refractivity contribution >= 4 is 11.9 Å². The van der Waals surface area contributed by atoms with Crippen LogP contribution in [-0.4, -0.2) is 24.5 Å². The number of esters is 2. The molecule has 2 unspecified atom stereocenters. The predicted octanol–water partition coefficient (Wildman–Crippen LogP) is 1.24. The minimum Gasteiger partial charge on any atom is -0.444 e. The number of ether oxygens (including phenoxy) is 4. The molecule has 1 aromatic rings. The molecule has 0 saturated heterocycles.